The summed E-state index contributed by atoms with van der Waals surface area (Å²) in [5, 5.41) is 2.78. The van der Waals surface area contributed by atoms with Crippen LogP contribution >= 0.6 is 0 Å². The number of aryl methyl sites for hydroxylation is 1. The van der Waals surface area contributed by atoms with Crippen LogP contribution in [0.15, 0.2) is 42.5 Å². The van der Waals surface area contributed by atoms with Gasteiger partial charge in [-0.1, -0.05) is 23.8 Å². The number of amides is 3. The van der Waals surface area contributed by atoms with Crippen LogP contribution in [-0.4, -0.2) is 36.3 Å². The smallest absolute Gasteiger partial charge is 0.261 e. The van der Waals surface area contributed by atoms with Gasteiger partial charge in [-0.25, -0.2) is 0 Å². The minimum atomic E-state index is -0.347. The molecule has 6 heteroatoms. The quantitative estimate of drug-likeness (QED) is 0.811. The maximum atomic E-state index is 12.4. The minimum absolute atomic E-state index is 0.0406. The number of methoxy groups -OCH3 is 1. The molecule has 0 spiro atoms. The molecule has 0 unspecified atom stereocenters. The van der Waals surface area contributed by atoms with Crippen molar-refractivity contribution in [2.24, 2.45) is 0 Å². The fourth-order valence-corrected chi connectivity index (χ4v) is 2.95. The van der Waals surface area contributed by atoms with Crippen molar-refractivity contribution in [2.75, 3.05) is 19.0 Å². The highest BCUT2D eigenvalue weighted by Gasteiger charge is 2.35. The van der Waals surface area contributed by atoms with Gasteiger partial charge in [0, 0.05) is 25.8 Å². The van der Waals surface area contributed by atoms with E-state index in [4.69, 9.17) is 4.74 Å². The molecule has 26 heavy (non-hydrogen) atoms. The third-order valence-corrected chi connectivity index (χ3v) is 4.21. The van der Waals surface area contributed by atoms with Crippen LogP contribution in [0.2, 0.25) is 0 Å². The average Bonchev–Trinajstić information content (AvgIpc) is 2.84. The second-order valence-corrected chi connectivity index (χ2v) is 6.24. The van der Waals surface area contributed by atoms with E-state index in [1.807, 2.05) is 25.1 Å². The van der Waals surface area contributed by atoms with Crippen molar-refractivity contribution in [3.63, 3.8) is 0 Å². The van der Waals surface area contributed by atoms with Gasteiger partial charge >= 0.3 is 0 Å². The fourth-order valence-electron chi connectivity index (χ4n) is 2.95. The maximum Gasteiger partial charge on any atom is 0.261 e. The van der Waals surface area contributed by atoms with Crippen molar-refractivity contribution < 1.29 is 19.1 Å². The zero-order valence-electron chi connectivity index (χ0n) is 14.7. The molecule has 1 aliphatic heterocycles. The normalized spacial score (nSPS) is 13.1. The van der Waals surface area contributed by atoms with Gasteiger partial charge in [0.1, 0.15) is 0 Å². The van der Waals surface area contributed by atoms with Gasteiger partial charge < -0.3 is 10.1 Å². The van der Waals surface area contributed by atoms with E-state index in [0.717, 1.165) is 16.0 Å². The Bertz CT molecular complexity index is 876. The van der Waals surface area contributed by atoms with Gasteiger partial charge in [-0.05, 0) is 36.8 Å². The maximum absolute atomic E-state index is 12.4. The molecular formula is C20H20N2O4. The van der Waals surface area contributed by atoms with Gasteiger partial charge in [0.2, 0.25) is 5.91 Å². The molecular weight excluding hydrogens is 332 g/mol. The van der Waals surface area contributed by atoms with Gasteiger partial charge in [0.05, 0.1) is 17.7 Å². The van der Waals surface area contributed by atoms with E-state index in [1.54, 1.807) is 31.4 Å². The number of carbonyl (C=O) groups excluding carboxylic acids is 3. The summed E-state index contributed by atoms with van der Waals surface area (Å²) in [5.41, 5.74) is 3.32. The Morgan fingerprint density at radius 3 is 2.62 bits per heavy atom. The third-order valence-electron chi connectivity index (χ3n) is 4.21. The summed E-state index contributed by atoms with van der Waals surface area (Å²) in [7, 11) is 1.61. The van der Waals surface area contributed by atoms with Gasteiger partial charge in [0.25, 0.3) is 11.8 Å². The van der Waals surface area contributed by atoms with Crippen LogP contribution in [0.4, 0.5) is 5.69 Å². The van der Waals surface area contributed by atoms with E-state index in [9.17, 15) is 14.4 Å². The summed E-state index contributed by atoms with van der Waals surface area (Å²) in [4.78, 5) is 38.1. The molecule has 1 N–H and O–H groups in total. The van der Waals surface area contributed by atoms with Crippen LogP contribution in [-0.2, 0) is 16.1 Å². The van der Waals surface area contributed by atoms with Gasteiger partial charge in [-0.2, -0.15) is 0 Å². The third kappa shape index (κ3) is 3.65. The Hall–Kier alpha value is -2.99. The molecule has 2 aromatic rings. The molecule has 6 nitrogen and oxygen atoms in total. The molecule has 0 saturated heterocycles. The number of nitrogens with zero attached hydrogens (tertiary/aromatic N) is 1. The number of benzene rings is 2. The Kier molecular flexibility index (Phi) is 5.14. The Labute approximate surface area is 151 Å². The molecule has 0 fully saturated rings. The lowest BCUT2D eigenvalue weighted by atomic mass is 10.1. The number of imide groups is 1. The minimum Gasteiger partial charge on any atom is -0.380 e. The van der Waals surface area contributed by atoms with E-state index in [2.05, 4.69) is 5.32 Å². The number of anilines is 1. The summed E-state index contributed by atoms with van der Waals surface area (Å²) < 4.78 is 5.07. The number of rotatable bonds is 6. The summed E-state index contributed by atoms with van der Waals surface area (Å²) in [6.45, 7) is 2.37. The monoisotopic (exact) mass is 352 g/mol. The van der Waals surface area contributed by atoms with E-state index in [1.165, 1.54) is 0 Å². The van der Waals surface area contributed by atoms with Crippen LogP contribution in [0.5, 0.6) is 0 Å². The van der Waals surface area contributed by atoms with E-state index >= 15 is 0 Å². The second-order valence-electron chi connectivity index (χ2n) is 6.24. The molecule has 0 radical (unpaired) electrons. The number of hydrogen-bond donors (Lipinski definition) is 1. The molecule has 0 saturated carbocycles. The lowest BCUT2D eigenvalue weighted by molar-refractivity contribution is -0.116. The standard InChI is InChI=1S/C20H20N2O4/c1-13-6-7-16-17(10-13)20(25)22(19(16)24)9-8-18(23)21-15-5-3-4-14(11-15)12-26-2/h3-7,10-11H,8-9,12H2,1-2H3,(H,21,23). The number of ether oxygens (including phenoxy) is 1. The zero-order valence-corrected chi connectivity index (χ0v) is 14.7. The molecule has 3 rings (SSSR count). The largest absolute Gasteiger partial charge is 0.380 e. The first kappa shape index (κ1) is 17.8. The molecule has 0 bridgehead atoms. The molecule has 134 valence electrons. The van der Waals surface area contributed by atoms with E-state index in [-0.39, 0.29) is 30.7 Å². The zero-order chi connectivity index (χ0) is 18.7. The predicted molar refractivity (Wildman–Crippen MR) is 96.9 cm³/mol. The van der Waals surface area contributed by atoms with Crippen molar-refractivity contribution in [3.8, 4) is 0 Å². The van der Waals surface area contributed by atoms with Crippen LogP contribution in [0.1, 0.15) is 38.3 Å². The molecule has 0 aliphatic carbocycles. The molecule has 0 aromatic heterocycles. The van der Waals surface area contributed by atoms with Crippen molar-refractivity contribution >= 4 is 23.4 Å². The number of fused-ring (bicyclic) bond motifs is 1. The van der Waals surface area contributed by atoms with Crippen LogP contribution < -0.4 is 5.32 Å². The summed E-state index contributed by atoms with van der Waals surface area (Å²) in [5.74, 6) is -0.948. The van der Waals surface area contributed by atoms with Crippen molar-refractivity contribution in [2.45, 2.75) is 20.0 Å². The molecule has 1 heterocycles. The lowest BCUT2D eigenvalue weighted by Gasteiger charge is -2.13. The van der Waals surface area contributed by atoms with E-state index < -0.39 is 0 Å². The number of nitrogens with one attached hydrogen (secondary N) is 1. The SMILES string of the molecule is COCc1cccc(NC(=O)CCN2C(=O)c3ccc(C)cc3C2=O)c1. The summed E-state index contributed by atoms with van der Waals surface area (Å²) in [6.07, 6.45) is 0.0406. The van der Waals surface area contributed by atoms with Crippen LogP contribution in [0.3, 0.4) is 0 Å². The highest BCUT2D eigenvalue weighted by molar-refractivity contribution is 6.21. The lowest BCUT2D eigenvalue weighted by Crippen LogP contribution is -2.32. The predicted octanol–water partition coefficient (Wildman–Crippen LogP) is 2.77. The first-order chi connectivity index (χ1) is 12.5. The molecule has 2 aromatic carbocycles. The molecule has 1 aliphatic rings. The Morgan fingerprint density at radius 1 is 1.08 bits per heavy atom. The van der Waals surface area contributed by atoms with Crippen molar-refractivity contribution in [1.29, 1.82) is 0 Å². The van der Waals surface area contributed by atoms with E-state index in [0.29, 0.717) is 23.4 Å². The summed E-state index contributed by atoms with van der Waals surface area (Å²) >= 11 is 0. The number of hydrogen-bond acceptors (Lipinski definition) is 4. The fraction of sp³-hybridized carbons (Fsp3) is 0.250. The highest BCUT2D eigenvalue weighted by Crippen LogP contribution is 2.24. The molecule has 3 amide bonds. The first-order valence-corrected chi connectivity index (χ1v) is 8.34. The molecule has 0 atom stereocenters. The van der Waals surface area contributed by atoms with Crippen molar-refractivity contribution in [3.05, 3.63) is 64.7 Å². The average molecular weight is 352 g/mol. The Balaban J connectivity index is 1.61. The highest BCUT2D eigenvalue weighted by atomic mass is 16.5. The van der Waals surface area contributed by atoms with Gasteiger partial charge in [-0.15, -0.1) is 0 Å². The van der Waals surface area contributed by atoms with Crippen LogP contribution in [0.25, 0.3) is 0 Å². The van der Waals surface area contributed by atoms with Crippen LogP contribution in [0, 0.1) is 6.92 Å². The van der Waals surface area contributed by atoms with Crippen molar-refractivity contribution in [1.82, 2.24) is 4.90 Å². The second kappa shape index (κ2) is 7.49. The summed E-state index contributed by atoms with van der Waals surface area (Å²) in [6, 6.07) is 12.5. The Morgan fingerprint density at radius 2 is 1.85 bits per heavy atom. The number of carbonyl (C=O) groups is 3. The first-order valence-electron chi connectivity index (χ1n) is 8.34. The topological polar surface area (TPSA) is 75.7 Å². The van der Waals surface area contributed by atoms with Gasteiger partial charge in [-0.3, -0.25) is 19.3 Å². The van der Waals surface area contributed by atoms with Gasteiger partial charge in [0.15, 0.2) is 0 Å².